The Balaban J connectivity index is 0.000000120. The number of hydrogen-bond donors (Lipinski definition) is 0. The third kappa shape index (κ3) is 13.9. The van der Waals surface area contributed by atoms with Crippen LogP contribution in [0, 0.1) is 70.5 Å². The summed E-state index contributed by atoms with van der Waals surface area (Å²) < 4.78 is 33.5. The predicted molar refractivity (Wildman–Crippen MR) is 301 cm³/mol. The molecule has 0 amide bonds. The number of carbonyl (C=O) groups is 6. The highest BCUT2D eigenvalue weighted by molar-refractivity contribution is 5.89. The number of hydrogen-bond acceptors (Lipinski definition) is 12. The first-order valence-electron chi connectivity index (χ1n) is 30.9. The summed E-state index contributed by atoms with van der Waals surface area (Å²) in [6, 6.07) is 0. The van der Waals surface area contributed by atoms with Gasteiger partial charge in [-0.05, 0) is 247 Å². The molecular formula is C67H96O12. The first-order chi connectivity index (χ1) is 37.3. The fourth-order valence-electron chi connectivity index (χ4n) is 19.1. The van der Waals surface area contributed by atoms with Gasteiger partial charge in [-0.2, -0.15) is 0 Å². The van der Waals surface area contributed by atoms with Crippen molar-refractivity contribution in [2.45, 2.75) is 250 Å². The second-order valence-corrected chi connectivity index (χ2v) is 28.8. The van der Waals surface area contributed by atoms with Crippen molar-refractivity contribution in [2.75, 3.05) is 0 Å². The molecule has 2 saturated heterocycles. The largest absolute Gasteiger partial charge is 0.462 e. The average Bonchev–Trinajstić information content (AvgIpc) is 4.13. The number of esters is 6. The lowest BCUT2D eigenvalue weighted by atomic mass is 9.48. The Labute approximate surface area is 472 Å². The number of ether oxygens (including phenoxy) is 6. The van der Waals surface area contributed by atoms with E-state index < -0.39 is 5.60 Å². The minimum Gasteiger partial charge on any atom is -0.462 e. The van der Waals surface area contributed by atoms with Crippen LogP contribution in [-0.2, 0) is 57.2 Å². The summed E-state index contributed by atoms with van der Waals surface area (Å²) in [7, 11) is 0. The van der Waals surface area contributed by atoms with Crippen molar-refractivity contribution < 1.29 is 57.2 Å². The predicted octanol–water partition coefficient (Wildman–Crippen LogP) is 13.9. The van der Waals surface area contributed by atoms with Gasteiger partial charge in [-0.3, -0.25) is 4.79 Å². The van der Waals surface area contributed by atoms with Gasteiger partial charge < -0.3 is 28.4 Å². The Morgan fingerprint density at radius 3 is 1.42 bits per heavy atom. The van der Waals surface area contributed by atoms with Crippen molar-refractivity contribution >= 4 is 35.8 Å². The van der Waals surface area contributed by atoms with Gasteiger partial charge >= 0.3 is 35.8 Å². The molecule has 0 aromatic rings. The molecule has 11 atom stereocenters. The molecule has 0 aromatic heterocycles. The maximum atomic E-state index is 11.8. The zero-order chi connectivity index (χ0) is 56.8. The fraction of sp³-hybridized carbons (Fsp3) is 0.761. The van der Waals surface area contributed by atoms with Crippen LogP contribution in [0.15, 0.2) is 60.8 Å². The topological polar surface area (TPSA) is 158 Å². The second-order valence-electron chi connectivity index (χ2n) is 28.8. The number of fused-ring (bicyclic) bond motifs is 6. The van der Waals surface area contributed by atoms with Gasteiger partial charge in [0.15, 0.2) is 0 Å². The van der Waals surface area contributed by atoms with Gasteiger partial charge in [0.1, 0.15) is 35.1 Å². The van der Waals surface area contributed by atoms with Crippen molar-refractivity contribution in [2.24, 2.45) is 70.5 Å². The van der Waals surface area contributed by atoms with Crippen LogP contribution < -0.4 is 0 Å². The Morgan fingerprint density at radius 2 is 0.899 bits per heavy atom. The normalized spacial score (nSPS) is 40.3. The Bertz CT molecular complexity index is 2370. The van der Waals surface area contributed by atoms with E-state index in [-0.39, 0.29) is 71.2 Å². The van der Waals surface area contributed by atoms with E-state index in [0.717, 1.165) is 124 Å². The van der Waals surface area contributed by atoms with Gasteiger partial charge in [0.25, 0.3) is 0 Å². The standard InChI is InChI=1S/C15H22O2.C14H18O4.2C14H20O2.C10H16O2/c1-10(2)13(16)17-15-7-11-4-12(8-15)6-14(3,5-11)9-15;1-8(2)12(15)18-14-5-9-3-10(6-14)13(16)17-11(4-9)7-14;1-9(2)13(15)16-14-6-10-3-11(7-14)5-12(4-10)8-14;1-8(2)14(15)16-13-7-9-6-12(13)11-5-3-4-10(9)11;1-8(2)10(11)12-9-6-4-3-5-7-9/h11-12H,1,4-9H2,2-3H3;9-11H,1,3-7H2,2H3;10-12H,1,3-8H2,2H3;9-13H,1,3-7H2,2H3;9H,1,3-7H2,2H3. The molecule has 14 aliphatic carbocycles. The van der Waals surface area contributed by atoms with E-state index in [2.05, 4.69) is 39.8 Å². The van der Waals surface area contributed by atoms with E-state index >= 15 is 0 Å². The molecule has 14 bridgehead atoms. The molecule has 0 aromatic carbocycles. The van der Waals surface area contributed by atoms with Crippen LogP contribution in [0.1, 0.15) is 215 Å². The minimum absolute atomic E-state index is 0.0679. The monoisotopic (exact) mass is 1090 g/mol. The highest BCUT2D eigenvalue weighted by Crippen LogP contribution is 2.63. The lowest BCUT2D eigenvalue weighted by Gasteiger charge is -2.60. The Morgan fingerprint density at radius 1 is 0.443 bits per heavy atom. The zero-order valence-corrected chi connectivity index (χ0v) is 49.1. The highest BCUT2D eigenvalue weighted by atomic mass is 16.6. The van der Waals surface area contributed by atoms with E-state index in [1.807, 2.05) is 0 Å². The maximum Gasteiger partial charge on any atom is 0.333 e. The van der Waals surface area contributed by atoms with E-state index in [1.54, 1.807) is 34.6 Å². The van der Waals surface area contributed by atoms with Crippen molar-refractivity contribution in [3.8, 4) is 0 Å². The van der Waals surface area contributed by atoms with Gasteiger partial charge in [0.05, 0.1) is 5.92 Å². The van der Waals surface area contributed by atoms with Crippen molar-refractivity contribution in [3.63, 3.8) is 0 Å². The molecule has 12 nitrogen and oxygen atoms in total. The van der Waals surface area contributed by atoms with E-state index in [1.165, 1.54) is 83.5 Å². The first kappa shape index (κ1) is 59.2. The Hall–Kier alpha value is -4.48. The van der Waals surface area contributed by atoms with Gasteiger partial charge in [-0.15, -0.1) is 0 Å². The lowest BCUT2D eigenvalue weighted by Crippen LogP contribution is -2.56. The third-order valence-corrected chi connectivity index (χ3v) is 21.1. The van der Waals surface area contributed by atoms with Crippen LogP contribution in [0.3, 0.4) is 0 Å². The molecule has 0 spiro atoms. The Kier molecular flexibility index (Phi) is 17.8. The van der Waals surface area contributed by atoms with Gasteiger partial charge in [0, 0.05) is 40.7 Å². The summed E-state index contributed by atoms with van der Waals surface area (Å²) in [5.41, 5.74) is 2.21. The molecule has 16 aliphatic rings. The average molecular weight is 1090 g/mol. The molecular weight excluding hydrogens is 997 g/mol. The van der Waals surface area contributed by atoms with E-state index in [4.69, 9.17) is 28.4 Å². The van der Waals surface area contributed by atoms with Gasteiger partial charge in [-0.25, -0.2) is 24.0 Å². The molecule has 12 heteroatoms. The van der Waals surface area contributed by atoms with Gasteiger partial charge in [0.2, 0.25) is 0 Å². The van der Waals surface area contributed by atoms with Crippen LogP contribution in [0.4, 0.5) is 0 Å². The smallest absolute Gasteiger partial charge is 0.333 e. The quantitative estimate of drug-likeness (QED) is 0.116. The summed E-state index contributed by atoms with van der Waals surface area (Å²) in [4.78, 5) is 69.8. The SMILES string of the molecule is C=C(C)C(=O)OC12CC3CC(C1)OC(=O)C(C3)C2.C=C(C)C(=O)OC12CC3CC(CC(C)(C3)C1)C2.C=C(C)C(=O)OC12CC3CC(CC(C3)C1)C2.C=C(C)C(=O)OC1CC2CC1C1CCCC21.C=C(C)C(=O)OC1CCCCC1. The van der Waals surface area contributed by atoms with Crippen molar-refractivity contribution in [1.82, 2.24) is 0 Å². The van der Waals surface area contributed by atoms with E-state index in [9.17, 15) is 28.8 Å². The third-order valence-electron chi connectivity index (χ3n) is 21.1. The van der Waals surface area contributed by atoms with Crippen LogP contribution in [0.25, 0.3) is 0 Å². The molecule has 11 unspecified atom stereocenters. The molecule has 16 fully saturated rings. The van der Waals surface area contributed by atoms with Crippen LogP contribution in [0.2, 0.25) is 0 Å². The van der Waals surface area contributed by atoms with E-state index in [0.29, 0.717) is 58.0 Å². The van der Waals surface area contributed by atoms with Gasteiger partial charge in [-0.1, -0.05) is 52.7 Å². The molecule has 436 valence electrons. The first-order valence-corrected chi connectivity index (χ1v) is 30.9. The summed E-state index contributed by atoms with van der Waals surface area (Å²) in [6.45, 7) is 29.1. The van der Waals surface area contributed by atoms with Crippen molar-refractivity contribution in [3.05, 3.63) is 60.8 Å². The zero-order valence-electron chi connectivity index (χ0n) is 49.1. The second kappa shape index (κ2) is 23.8. The summed E-state index contributed by atoms with van der Waals surface area (Å²) in [5.74, 6) is 6.52. The van der Waals surface area contributed by atoms with Crippen LogP contribution in [-0.4, -0.2) is 70.9 Å². The van der Waals surface area contributed by atoms with Crippen LogP contribution in [0.5, 0.6) is 0 Å². The maximum absolute atomic E-state index is 11.8. The molecule has 14 saturated carbocycles. The fourth-order valence-corrected chi connectivity index (χ4v) is 19.1. The van der Waals surface area contributed by atoms with Crippen molar-refractivity contribution in [1.29, 1.82) is 0 Å². The summed E-state index contributed by atoms with van der Waals surface area (Å²) >= 11 is 0. The molecule has 2 heterocycles. The molecule has 79 heavy (non-hydrogen) atoms. The minimum atomic E-state index is -0.487. The molecule has 2 aliphatic heterocycles. The molecule has 0 N–H and O–H groups in total. The molecule has 0 radical (unpaired) electrons. The summed E-state index contributed by atoms with van der Waals surface area (Å²) in [6.07, 6.45) is 31.4. The number of rotatable bonds is 10. The molecule has 16 rings (SSSR count). The number of carbonyl (C=O) groups excluding carboxylic acids is 6. The van der Waals surface area contributed by atoms with Crippen LogP contribution >= 0.6 is 0 Å². The summed E-state index contributed by atoms with van der Waals surface area (Å²) in [5, 5.41) is 0. The highest BCUT2D eigenvalue weighted by Gasteiger charge is 2.59. The lowest BCUT2D eigenvalue weighted by molar-refractivity contribution is -0.195.